The molecule has 0 bridgehead atoms. The van der Waals surface area contributed by atoms with Crippen molar-refractivity contribution in [1.82, 2.24) is 4.90 Å². The molecule has 5 nitrogen and oxygen atoms in total. The first-order valence-electron chi connectivity index (χ1n) is 5.30. The highest BCUT2D eigenvalue weighted by molar-refractivity contribution is 5.72. The Labute approximate surface area is 99.9 Å². The fourth-order valence-electron chi connectivity index (χ4n) is 1.60. The molecule has 0 saturated carbocycles. The Balaban J connectivity index is 2.95. The van der Waals surface area contributed by atoms with Crippen LogP contribution in [0.25, 0.3) is 0 Å². The van der Waals surface area contributed by atoms with Crippen molar-refractivity contribution in [2.75, 3.05) is 7.05 Å². The molecule has 94 valence electrons. The Morgan fingerprint density at radius 3 is 2.06 bits per heavy atom. The minimum atomic E-state index is -0.913. The van der Waals surface area contributed by atoms with Crippen molar-refractivity contribution in [1.29, 1.82) is 0 Å². The van der Waals surface area contributed by atoms with E-state index in [4.69, 9.17) is 5.11 Å². The van der Waals surface area contributed by atoms with Gasteiger partial charge in [-0.2, -0.15) is 0 Å². The first kappa shape index (κ1) is 13.3. The summed E-state index contributed by atoms with van der Waals surface area (Å²) in [6, 6.07) is 3.38. The zero-order valence-corrected chi connectivity index (χ0v) is 10.1. The number of hydrogen-bond acceptors (Lipinski definition) is 4. The van der Waals surface area contributed by atoms with E-state index in [9.17, 15) is 15.0 Å². The Bertz CT molecular complexity index is 399. The first-order valence-corrected chi connectivity index (χ1v) is 5.30. The molecule has 0 aliphatic rings. The van der Waals surface area contributed by atoms with Gasteiger partial charge < -0.3 is 15.3 Å². The van der Waals surface area contributed by atoms with Crippen LogP contribution >= 0.6 is 0 Å². The summed E-state index contributed by atoms with van der Waals surface area (Å²) in [6.07, 6.45) is 0. The second-order valence-corrected chi connectivity index (χ2v) is 4.14. The van der Waals surface area contributed by atoms with Crippen molar-refractivity contribution in [3.8, 4) is 11.5 Å². The number of phenolic OH excluding ortho intramolecular Hbond substituents is 2. The molecule has 1 aromatic rings. The molecule has 2 unspecified atom stereocenters. The maximum Gasteiger partial charge on any atom is 0.320 e. The molecule has 0 spiro atoms. The van der Waals surface area contributed by atoms with Crippen LogP contribution in [0.2, 0.25) is 0 Å². The molecular weight excluding hydrogens is 222 g/mol. The lowest BCUT2D eigenvalue weighted by atomic mass is 10.1. The van der Waals surface area contributed by atoms with Gasteiger partial charge in [0.25, 0.3) is 0 Å². The number of rotatable bonds is 4. The highest BCUT2D eigenvalue weighted by Gasteiger charge is 2.23. The third kappa shape index (κ3) is 3.10. The summed E-state index contributed by atoms with van der Waals surface area (Å²) in [5.41, 5.74) is 0.665. The number of nitrogens with zero attached hydrogens (tertiary/aromatic N) is 1. The van der Waals surface area contributed by atoms with Gasteiger partial charge in [-0.3, -0.25) is 9.69 Å². The van der Waals surface area contributed by atoms with Crippen molar-refractivity contribution in [3.63, 3.8) is 0 Å². The average Bonchev–Trinajstić information content (AvgIpc) is 2.24. The smallest absolute Gasteiger partial charge is 0.320 e. The molecule has 0 aliphatic carbocycles. The number of carboxylic acids is 1. The van der Waals surface area contributed by atoms with Gasteiger partial charge in [0.2, 0.25) is 0 Å². The van der Waals surface area contributed by atoms with Gasteiger partial charge in [-0.05, 0) is 38.6 Å². The summed E-state index contributed by atoms with van der Waals surface area (Å²) < 4.78 is 0. The van der Waals surface area contributed by atoms with E-state index in [1.165, 1.54) is 18.2 Å². The molecule has 0 heterocycles. The molecule has 0 fully saturated rings. The van der Waals surface area contributed by atoms with Crippen LogP contribution in [-0.4, -0.2) is 39.3 Å². The third-order valence-corrected chi connectivity index (χ3v) is 2.99. The van der Waals surface area contributed by atoms with Crippen LogP contribution < -0.4 is 0 Å². The second-order valence-electron chi connectivity index (χ2n) is 4.14. The predicted octanol–water partition coefficient (Wildman–Crippen LogP) is 1.56. The first-order chi connectivity index (χ1) is 7.82. The van der Waals surface area contributed by atoms with Gasteiger partial charge in [-0.15, -0.1) is 0 Å². The van der Waals surface area contributed by atoms with E-state index in [2.05, 4.69) is 0 Å². The van der Waals surface area contributed by atoms with E-state index in [0.717, 1.165) is 0 Å². The molecule has 1 rings (SSSR count). The summed E-state index contributed by atoms with van der Waals surface area (Å²) in [5, 5.41) is 27.7. The Morgan fingerprint density at radius 2 is 1.65 bits per heavy atom. The van der Waals surface area contributed by atoms with Gasteiger partial charge in [0.15, 0.2) is 0 Å². The zero-order chi connectivity index (χ0) is 13.2. The number of benzene rings is 1. The molecule has 0 radical (unpaired) electrons. The predicted molar refractivity (Wildman–Crippen MR) is 63.0 cm³/mol. The summed E-state index contributed by atoms with van der Waals surface area (Å²) in [7, 11) is 1.69. The van der Waals surface area contributed by atoms with Crippen molar-refractivity contribution in [2.24, 2.45) is 0 Å². The second kappa shape index (κ2) is 5.05. The Hall–Kier alpha value is -1.75. The summed E-state index contributed by atoms with van der Waals surface area (Å²) in [4.78, 5) is 12.5. The average molecular weight is 239 g/mol. The van der Waals surface area contributed by atoms with Gasteiger partial charge in [0, 0.05) is 12.1 Å². The van der Waals surface area contributed by atoms with E-state index in [0.29, 0.717) is 5.56 Å². The molecule has 0 aromatic heterocycles. The maximum atomic E-state index is 10.9. The highest BCUT2D eigenvalue weighted by atomic mass is 16.4. The van der Waals surface area contributed by atoms with Crippen molar-refractivity contribution in [3.05, 3.63) is 23.8 Å². The van der Waals surface area contributed by atoms with Crippen LogP contribution in [0.3, 0.4) is 0 Å². The Morgan fingerprint density at radius 1 is 1.18 bits per heavy atom. The minimum Gasteiger partial charge on any atom is -0.508 e. The summed E-state index contributed by atoms with van der Waals surface area (Å²) in [5.74, 6) is -0.991. The number of aromatic hydroxyl groups is 2. The third-order valence-electron chi connectivity index (χ3n) is 2.99. The molecule has 0 amide bonds. The van der Waals surface area contributed by atoms with E-state index in [1.807, 2.05) is 6.92 Å². The standard InChI is InChI=1S/C12H17NO4/c1-7(13(3)8(2)12(16)17)9-4-10(14)6-11(15)5-9/h4-8,14-15H,1-3H3,(H,16,17). The fourth-order valence-corrected chi connectivity index (χ4v) is 1.60. The van der Waals surface area contributed by atoms with Crippen molar-refractivity contribution in [2.45, 2.75) is 25.9 Å². The van der Waals surface area contributed by atoms with Crippen LogP contribution in [0.1, 0.15) is 25.5 Å². The van der Waals surface area contributed by atoms with Crippen LogP contribution in [0, 0.1) is 0 Å². The molecule has 3 N–H and O–H groups in total. The summed E-state index contributed by atoms with van der Waals surface area (Å²) in [6.45, 7) is 3.40. The molecule has 17 heavy (non-hydrogen) atoms. The quantitative estimate of drug-likeness (QED) is 0.743. The molecule has 5 heteroatoms. The van der Waals surface area contributed by atoms with Crippen molar-refractivity contribution < 1.29 is 20.1 Å². The van der Waals surface area contributed by atoms with Crippen LogP contribution in [0.5, 0.6) is 11.5 Å². The van der Waals surface area contributed by atoms with Gasteiger partial charge in [-0.25, -0.2) is 0 Å². The largest absolute Gasteiger partial charge is 0.508 e. The van der Waals surface area contributed by atoms with Crippen LogP contribution in [0.15, 0.2) is 18.2 Å². The molecule has 0 aliphatic heterocycles. The van der Waals surface area contributed by atoms with Crippen LogP contribution in [0.4, 0.5) is 0 Å². The molecule has 1 aromatic carbocycles. The number of likely N-dealkylation sites (N-methyl/N-ethyl adjacent to an activating group) is 1. The van der Waals surface area contributed by atoms with Crippen molar-refractivity contribution >= 4 is 5.97 Å². The number of hydrogen-bond donors (Lipinski definition) is 3. The molecular formula is C12H17NO4. The van der Waals surface area contributed by atoms with Gasteiger partial charge >= 0.3 is 5.97 Å². The van der Waals surface area contributed by atoms with E-state index in [-0.39, 0.29) is 17.5 Å². The number of carbonyl (C=O) groups is 1. The topological polar surface area (TPSA) is 81.0 Å². The van der Waals surface area contributed by atoms with Crippen LogP contribution in [-0.2, 0) is 4.79 Å². The minimum absolute atomic E-state index is 0.0387. The molecule has 2 atom stereocenters. The Kier molecular flexibility index (Phi) is 3.96. The monoisotopic (exact) mass is 239 g/mol. The fraction of sp³-hybridized carbons (Fsp3) is 0.417. The lowest BCUT2D eigenvalue weighted by molar-refractivity contribution is -0.142. The normalized spacial score (nSPS) is 14.6. The van der Waals surface area contributed by atoms with Gasteiger partial charge in [0.1, 0.15) is 17.5 Å². The summed E-state index contributed by atoms with van der Waals surface area (Å²) >= 11 is 0. The van der Waals surface area contributed by atoms with E-state index < -0.39 is 12.0 Å². The van der Waals surface area contributed by atoms with E-state index >= 15 is 0 Å². The number of carboxylic acid groups (broad SMARTS) is 1. The zero-order valence-electron chi connectivity index (χ0n) is 10.1. The lowest BCUT2D eigenvalue weighted by Crippen LogP contribution is -2.37. The highest BCUT2D eigenvalue weighted by Crippen LogP contribution is 2.28. The van der Waals surface area contributed by atoms with Gasteiger partial charge in [0.05, 0.1) is 0 Å². The number of aliphatic carboxylic acids is 1. The number of phenols is 2. The molecule has 0 saturated heterocycles. The lowest BCUT2D eigenvalue weighted by Gasteiger charge is -2.28. The maximum absolute atomic E-state index is 10.9. The van der Waals surface area contributed by atoms with Gasteiger partial charge in [-0.1, -0.05) is 0 Å². The van der Waals surface area contributed by atoms with E-state index in [1.54, 1.807) is 18.9 Å². The SMILES string of the molecule is CC(C(=O)O)N(C)C(C)c1cc(O)cc(O)c1.